The number of hydrogen-bond acceptors (Lipinski definition) is 3. The SMILES string of the molecule is CCC(CC)(CO)CNC(=O)c1cccc2cn[nH]c12. The van der Waals surface area contributed by atoms with Crippen LogP contribution >= 0.6 is 0 Å². The van der Waals surface area contributed by atoms with Gasteiger partial charge in [0.25, 0.3) is 5.91 Å². The van der Waals surface area contributed by atoms with Crippen LogP contribution in [0.2, 0.25) is 0 Å². The number of carbonyl (C=O) groups is 1. The summed E-state index contributed by atoms with van der Waals surface area (Å²) in [4.78, 5) is 12.3. The minimum absolute atomic E-state index is 0.0779. The molecule has 0 saturated carbocycles. The number of nitrogens with one attached hydrogen (secondary N) is 2. The van der Waals surface area contributed by atoms with Crippen LogP contribution < -0.4 is 5.32 Å². The first-order valence-corrected chi connectivity index (χ1v) is 6.97. The third kappa shape index (κ3) is 2.67. The molecule has 0 aliphatic carbocycles. The second kappa shape index (κ2) is 6.05. The molecule has 1 heterocycles. The highest BCUT2D eigenvalue weighted by Gasteiger charge is 2.26. The van der Waals surface area contributed by atoms with E-state index in [1.165, 1.54) is 0 Å². The van der Waals surface area contributed by atoms with E-state index >= 15 is 0 Å². The summed E-state index contributed by atoms with van der Waals surface area (Å²) < 4.78 is 0. The average Bonchev–Trinajstić information content (AvgIpc) is 2.97. The van der Waals surface area contributed by atoms with Gasteiger partial charge in [-0.3, -0.25) is 9.89 Å². The van der Waals surface area contributed by atoms with Crippen LogP contribution in [-0.4, -0.2) is 34.4 Å². The van der Waals surface area contributed by atoms with Gasteiger partial charge in [-0.05, 0) is 18.9 Å². The highest BCUT2D eigenvalue weighted by Crippen LogP contribution is 2.24. The van der Waals surface area contributed by atoms with Crippen LogP contribution in [0.5, 0.6) is 0 Å². The number of aliphatic hydroxyl groups excluding tert-OH is 1. The molecule has 0 radical (unpaired) electrons. The first kappa shape index (κ1) is 14.5. The Morgan fingerprint density at radius 3 is 2.80 bits per heavy atom. The number of nitrogens with zero attached hydrogens (tertiary/aromatic N) is 1. The van der Waals surface area contributed by atoms with E-state index in [0.717, 1.165) is 23.7 Å². The van der Waals surface area contributed by atoms with Crippen molar-refractivity contribution in [3.63, 3.8) is 0 Å². The normalized spacial score (nSPS) is 11.8. The van der Waals surface area contributed by atoms with Gasteiger partial charge >= 0.3 is 0 Å². The van der Waals surface area contributed by atoms with Crippen LogP contribution in [0, 0.1) is 5.41 Å². The zero-order valence-electron chi connectivity index (χ0n) is 11.9. The van der Waals surface area contributed by atoms with Crippen LogP contribution in [-0.2, 0) is 0 Å². The third-order valence-electron chi connectivity index (χ3n) is 4.18. The Hall–Kier alpha value is -1.88. The maximum atomic E-state index is 12.3. The first-order chi connectivity index (χ1) is 9.65. The molecule has 1 amide bonds. The van der Waals surface area contributed by atoms with Crippen LogP contribution in [0.1, 0.15) is 37.0 Å². The number of amides is 1. The van der Waals surface area contributed by atoms with Gasteiger partial charge in [-0.1, -0.05) is 26.0 Å². The Balaban J connectivity index is 2.14. The van der Waals surface area contributed by atoms with E-state index < -0.39 is 0 Å². The molecular weight excluding hydrogens is 254 g/mol. The molecule has 2 rings (SSSR count). The summed E-state index contributed by atoms with van der Waals surface area (Å²) in [6.45, 7) is 4.61. The van der Waals surface area contributed by atoms with E-state index in [-0.39, 0.29) is 17.9 Å². The van der Waals surface area contributed by atoms with Crippen molar-refractivity contribution in [1.82, 2.24) is 15.5 Å². The van der Waals surface area contributed by atoms with E-state index in [9.17, 15) is 9.90 Å². The van der Waals surface area contributed by atoms with Crippen LogP contribution in [0.3, 0.4) is 0 Å². The van der Waals surface area contributed by atoms with E-state index in [4.69, 9.17) is 0 Å². The Morgan fingerprint density at radius 2 is 2.15 bits per heavy atom. The summed E-state index contributed by atoms with van der Waals surface area (Å²) in [5.74, 6) is -0.139. The Morgan fingerprint density at radius 1 is 1.40 bits per heavy atom. The molecule has 0 spiro atoms. The first-order valence-electron chi connectivity index (χ1n) is 6.97. The monoisotopic (exact) mass is 275 g/mol. The number of hydrogen-bond donors (Lipinski definition) is 3. The molecule has 0 atom stereocenters. The molecule has 20 heavy (non-hydrogen) atoms. The molecule has 5 heteroatoms. The lowest BCUT2D eigenvalue weighted by atomic mass is 9.83. The molecule has 1 aromatic carbocycles. The number of aliphatic hydroxyl groups is 1. The van der Waals surface area contributed by atoms with Crippen LogP contribution in [0.15, 0.2) is 24.4 Å². The molecule has 0 aliphatic heterocycles. The van der Waals surface area contributed by atoms with Crippen molar-refractivity contribution in [3.05, 3.63) is 30.0 Å². The lowest BCUT2D eigenvalue weighted by molar-refractivity contribution is 0.0852. The largest absolute Gasteiger partial charge is 0.396 e. The average molecular weight is 275 g/mol. The number of rotatable bonds is 6. The number of aromatic nitrogens is 2. The second-order valence-electron chi connectivity index (χ2n) is 5.19. The molecule has 108 valence electrons. The summed E-state index contributed by atoms with van der Waals surface area (Å²) in [7, 11) is 0. The smallest absolute Gasteiger partial charge is 0.253 e. The minimum atomic E-state index is -0.239. The van der Waals surface area contributed by atoms with Gasteiger partial charge in [0.2, 0.25) is 0 Å². The number of fused-ring (bicyclic) bond motifs is 1. The van der Waals surface area contributed by atoms with Gasteiger partial charge in [-0.25, -0.2) is 0 Å². The van der Waals surface area contributed by atoms with E-state index in [2.05, 4.69) is 15.5 Å². The Bertz CT molecular complexity index is 579. The quantitative estimate of drug-likeness (QED) is 0.755. The van der Waals surface area contributed by atoms with E-state index in [0.29, 0.717) is 12.1 Å². The summed E-state index contributed by atoms with van der Waals surface area (Å²) in [6.07, 6.45) is 3.35. The van der Waals surface area contributed by atoms with Crippen LogP contribution in [0.4, 0.5) is 0 Å². The molecule has 0 saturated heterocycles. The van der Waals surface area contributed by atoms with Crippen molar-refractivity contribution in [1.29, 1.82) is 0 Å². The van der Waals surface area contributed by atoms with E-state index in [1.807, 2.05) is 26.0 Å². The fourth-order valence-corrected chi connectivity index (χ4v) is 2.30. The number of para-hydroxylation sites is 1. The molecule has 3 N–H and O–H groups in total. The van der Waals surface area contributed by atoms with Crippen molar-refractivity contribution in [2.45, 2.75) is 26.7 Å². The predicted molar refractivity (Wildman–Crippen MR) is 78.5 cm³/mol. The predicted octanol–water partition coefficient (Wildman–Crippen LogP) is 2.09. The van der Waals surface area contributed by atoms with Crippen molar-refractivity contribution >= 4 is 16.8 Å². The lowest BCUT2D eigenvalue weighted by Gasteiger charge is -2.29. The molecule has 0 unspecified atom stereocenters. The highest BCUT2D eigenvalue weighted by atomic mass is 16.3. The van der Waals surface area contributed by atoms with Gasteiger partial charge < -0.3 is 10.4 Å². The van der Waals surface area contributed by atoms with Gasteiger partial charge in [-0.15, -0.1) is 0 Å². The van der Waals surface area contributed by atoms with Gasteiger partial charge in [0.15, 0.2) is 0 Å². The number of H-pyrrole nitrogens is 1. The van der Waals surface area contributed by atoms with Gasteiger partial charge in [0.1, 0.15) is 0 Å². The molecule has 1 aromatic heterocycles. The van der Waals surface area contributed by atoms with Crippen molar-refractivity contribution < 1.29 is 9.90 Å². The van der Waals surface area contributed by atoms with Gasteiger partial charge in [0.05, 0.1) is 23.9 Å². The fourth-order valence-electron chi connectivity index (χ4n) is 2.30. The van der Waals surface area contributed by atoms with Crippen molar-refractivity contribution in [2.75, 3.05) is 13.2 Å². The number of carbonyl (C=O) groups excluding carboxylic acids is 1. The number of benzene rings is 1. The Kier molecular flexibility index (Phi) is 4.39. The number of aromatic amines is 1. The zero-order valence-corrected chi connectivity index (χ0v) is 11.9. The third-order valence-corrected chi connectivity index (χ3v) is 4.18. The molecule has 5 nitrogen and oxygen atoms in total. The standard InChI is InChI=1S/C15H21N3O2/c1-3-15(4-2,10-19)9-16-14(20)12-7-5-6-11-8-17-18-13(11)12/h5-8,19H,3-4,9-10H2,1-2H3,(H,16,20)(H,17,18). The molecule has 2 aromatic rings. The summed E-state index contributed by atoms with van der Waals surface area (Å²) in [6, 6.07) is 5.52. The topological polar surface area (TPSA) is 78.0 Å². The summed E-state index contributed by atoms with van der Waals surface area (Å²) >= 11 is 0. The van der Waals surface area contributed by atoms with Gasteiger partial charge in [0, 0.05) is 17.3 Å². The van der Waals surface area contributed by atoms with Crippen LogP contribution in [0.25, 0.3) is 10.9 Å². The lowest BCUT2D eigenvalue weighted by Crippen LogP contribution is -2.39. The van der Waals surface area contributed by atoms with Crippen molar-refractivity contribution in [2.24, 2.45) is 5.41 Å². The summed E-state index contributed by atoms with van der Waals surface area (Å²) in [5.41, 5.74) is 1.09. The van der Waals surface area contributed by atoms with E-state index in [1.54, 1.807) is 12.3 Å². The maximum absolute atomic E-state index is 12.3. The molecule has 0 bridgehead atoms. The minimum Gasteiger partial charge on any atom is -0.396 e. The molecule has 0 fully saturated rings. The fraction of sp³-hybridized carbons (Fsp3) is 0.467. The molecular formula is C15H21N3O2. The maximum Gasteiger partial charge on any atom is 0.253 e. The van der Waals surface area contributed by atoms with Gasteiger partial charge in [-0.2, -0.15) is 5.10 Å². The zero-order chi connectivity index (χ0) is 14.6. The highest BCUT2D eigenvalue weighted by molar-refractivity contribution is 6.05. The molecule has 0 aliphatic rings. The second-order valence-corrected chi connectivity index (χ2v) is 5.19. The summed E-state index contributed by atoms with van der Waals surface area (Å²) in [5, 5.41) is 20.2. The van der Waals surface area contributed by atoms with Crippen molar-refractivity contribution in [3.8, 4) is 0 Å². The Labute approximate surface area is 118 Å².